The van der Waals surface area contributed by atoms with Gasteiger partial charge < -0.3 is 10.6 Å². The van der Waals surface area contributed by atoms with Gasteiger partial charge in [0.05, 0.1) is 0 Å². The smallest absolute Gasteiger partial charge is 0.222 e. The van der Waals surface area contributed by atoms with Crippen molar-refractivity contribution in [3.8, 4) is 0 Å². The summed E-state index contributed by atoms with van der Waals surface area (Å²) in [6, 6.07) is 4.81. The van der Waals surface area contributed by atoms with Crippen molar-refractivity contribution in [1.82, 2.24) is 4.90 Å². The zero-order valence-electron chi connectivity index (χ0n) is 11.4. The van der Waals surface area contributed by atoms with Crippen LogP contribution in [0.15, 0.2) is 18.2 Å². The van der Waals surface area contributed by atoms with Gasteiger partial charge in [-0.15, -0.1) is 0 Å². The number of rotatable bonds is 3. The van der Waals surface area contributed by atoms with E-state index in [9.17, 15) is 9.18 Å². The Kier molecular flexibility index (Phi) is 4.53. The van der Waals surface area contributed by atoms with Crippen LogP contribution in [0.25, 0.3) is 0 Å². The molecular formula is C15H21FN2O. The molecule has 104 valence electrons. The molecule has 0 radical (unpaired) electrons. The second-order valence-electron chi connectivity index (χ2n) is 5.42. The summed E-state index contributed by atoms with van der Waals surface area (Å²) >= 11 is 0. The van der Waals surface area contributed by atoms with E-state index in [1.165, 1.54) is 12.1 Å². The van der Waals surface area contributed by atoms with Crippen LogP contribution in [0.2, 0.25) is 0 Å². The molecule has 0 spiro atoms. The van der Waals surface area contributed by atoms with Gasteiger partial charge in [0.1, 0.15) is 5.82 Å². The first-order chi connectivity index (χ1) is 9.08. The van der Waals surface area contributed by atoms with E-state index in [4.69, 9.17) is 5.73 Å². The van der Waals surface area contributed by atoms with Gasteiger partial charge in [0.25, 0.3) is 0 Å². The van der Waals surface area contributed by atoms with Gasteiger partial charge in [0.15, 0.2) is 0 Å². The normalized spacial score (nSPS) is 20.5. The molecule has 0 bridgehead atoms. The van der Waals surface area contributed by atoms with Crippen LogP contribution in [0.3, 0.4) is 0 Å². The molecule has 1 aromatic rings. The van der Waals surface area contributed by atoms with Crippen LogP contribution in [0.5, 0.6) is 0 Å². The van der Waals surface area contributed by atoms with Crippen molar-refractivity contribution < 1.29 is 9.18 Å². The maximum Gasteiger partial charge on any atom is 0.222 e. The summed E-state index contributed by atoms with van der Waals surface area (Å²) < 4.78 is 13.4. The van der Waals surface area contributed by atoms with E-state index in [-0.39, 0.29) is 11.7 Å². The molecule has 4 heteroatoms. The topological polar surface area (TPSA) is 46.3 Å². The van der Waals surface area contributed by atoms with Crippen LogP contribution in [-0.4, -0.2) is 17.4 Å². The Labute approximate surface area is 113 Å². The molecule has 2 rings (SSSR count). The molecule has 1 heterocycles. The maximum atomic E-state index is 13.4. The highest BCUT2D eigenvalue weighted by Crippen LogP contribution is 2.20. The highest BCUT2D eigenvalue weighted by atomic mass is 19.1. The van der Waals surface area contributed by atoms with Gasteiger partial charge in [-0.25, -0.2) is 4.39 Å². The molecule has 0 aromatic heterocycles. The number of nitrogens with zero attached hydrogens (tertiary/aromatic N) is 1. The third kappa shape index (κ3) is 3.77. The predicted molar refractivity (Wildman–Crippen MR) is 72.7 cm³/mol. The monoisotopic (exact) mass is 264 g/mol. The largest absolute Gasteiger partial charge is 0.338 e. The fourth-order valence-electron chi connectivity index (χ4n) is 2.49. The Morgan fingerprint density at radius 2 is 2.05 bits per heavy atom. The maximum absolute atomic E-state index is 13.4. The van der Waals surface area contributed by atoms with Gasteiger partial charge in [0.2, 0.25) is 5.91 Å². The third-order valence-electron chi connectivity index (χ3n) is 3.72. The lowest BCUT2D eigenvalue weighted by atomic mass is 10.0. The molecular weight excluding hydrogens is 243 g/mol. The Bertz CT molecular complexity index is 461. The summed E-state index contributed by atoms with van der Waals surface area (Å²) in [4.78, 5) is 13.8. The number of likely N-dealkylation sites (tertiary alicyclic amines) is 1. The van der Waals surface area contributed by atoms with Gasteiger partial charge in [0, 0.05) is 26.1 Å². The molecule has 1 unspecified atom stereocenters. The molecule has 19 heavy (non-hydrogen) atoms. The van der Waals surface area contributed by atoms with E-state index in [0.717, 1.165) is 30.5 Å². The van der Waals surface area contributed by atoms with Gasteiger partial charge >= 0.3 is 0 Å². The van der Waals surface area contributed by atoms with E-state index in [1.54, 1.807) is 0 Å². The second-order valence-corrected chi connectivity index (χ2v) is 5.42. The average molecular weight is 264 g/mol. The minimum Gasteiger partial charge on any atom is -0.338 e. The van der Waals surface area contributed by atoms with Crippen LogP contribution < -0.4 is 5.73 Å². The minimum atomic E-state index is -0.284. The number of hydrogen-bond acceptors (Lipinski definition) is 2. The first-order valence-corrected chi connectivity index (χ1v) is 6.84. The van der Waals surface area contributed by atoms with Crippen molar-refractivity contribution in [3.63, 3.8) is 0 Å². The van der Waals surface area contributed by atoms with Crippen LogP contribution in [-0.2, 0) is 17.9 Å². The predicted octanol–water partition coefficient (Wildman–Crippen LogP) is 2.43. The van der Waals surface area contributed by atoms with E-state index < -0.39 is 0 Å². The lowest BCUT2D eigenvalue weighted by Gasteiger charge is -2.21. The van der Waals surface area contributed by atoms with Gasteiger partial charge in [-0.2, -0.15) is 0 Å². The number of halogens is 1. The highest BCUT2D eigenvalue weighted by molar-refractivity contribution is 5.76. The lowest BCUT2D eigenvalue weighted by Crippen LogP contribution is -2.29. The molecule has 1 aromatic carbocycles. The summed E-state index contributed by atoms with van der Waals surface area (Å²) in [6.07, 6.45) is 2.57. The fraction of sp³-hybridized carbons (Fsp3) is 0.533. The quantitative estimate of drug-likeness (QED) is 0.911. The van der Waals surface area contributed by atoms with E-state index >= 15 is 0 Å². The van der Waals surface area contributed by atoms with Crippen molar-refractivity contribution in [1.29, 1.82) is 0 Å². The standard InChI is InChI=1S/C15H21FN2O/c1-11-2-3-15(19)18(5-4-11)10-13-6-12(9-17)7-14(16)8-13/h6-8,11H,2-5,9-10,17H2,1H3. The molecule has 3 nitrogen and oxygen atoms in total. The zero-order valence-corrected chi connectivity index (χ0v) is 11.4. The molecule has 1 fully saturated rings. The molecule has 1 amide bonds. The van der Waals surface area contributed by atoms with Crippen molar-refractivity contribution in [2.45, 2.75) is 39.3 Å². The Hall–Kier alpha value is -1.42. The molecule has 1 aliphatic heterocycles. The summed E-state index contributed by atoms with van der Waals surface area (Å²) in [7, 11) is 0. The second kappa shape index (κ2) is 6.15. The Balaban J connectivity index is 2.11. The molecule has 1 atom stereocenters. The highest BCUT2D eigenvalue weighted by Gasteiger charge is 2.20. The molecule has 0 saturated carbocycles. The molecule has 1 aliphatic rings. The Morgan fingerprint density at radius 1 is 1.32 bits per heavy atom. The van der Waals surface area contributed by atoms with E-state index in [1.807, 2.05) is 11.0 Å². The number of nitrogens with two attached hydrogens (primary N) is 1. The molecule has 0 aliphatic carbocycles. The SMILES string of the molecule is CC1CCC(=O)N(Cc2cc(F)cc(CN)c2)CC1. The lowest BCUT2D eigenvalue weighted by molar-refractivity contribution is -0.131. The van der Waals surface area contributed by atoms with Crippen molar-refractivity contribution in [3.05, 3.63) is 35.1 Å². The third-order valence-corrected chi connectivity index (χ3v) is 3.72. The first-order valence-electron chi connectivity index (χ1n) is 6.84. The van der Waals surface area contributed by atoms with Gasteiger partial charge in [-0.3, -0.25) is 4.79 Å². The Morgan fingerprint density at radius 3 is 2.79 bits per heavy atom. The molecule has 1 saturated heterocycles. The van der Waals surface area contributed by atoms with Crippen LogP contribution in [0.4, 0.5) is 4.39 Å². The van der Waals surface area contributed by atoms with Crippen molar-refractivity contribution in [2.24, 2.45) is 11.7 Å². The van der Waals surface area contributed by atoms with E-state index in [2.05, 4.69) is 6.92 Å². The molecule has 2 N–H and O–H groups in total. The van der Waals surface area contributed by atoms with Crippen LogP contribution in [0, 0.1) is 11.7 Å². The summed E-state index contributed by atoms with van der Waals surface area (Å²) in [5.41, 5.74) is 7.14. The number of hydrogen-bond donors (Lipinski definition) is 1. The summed E-state index contributed by atoms with van der Waals surface area (Å²) in [5.74, 6) is 0.470. The first kappa shape index (κ1) is 14.0. The summed E-state index contributed by atoms with van der Waals surface area (Å²) in [6.45, 7) is 3.73. The fourth-order valence-corrected chi connectivity index (χ4v) is 2.49. The number of carbonyl (C=O) groups is 1. The van der Waals surface area contributed by atoms with Crippen LogP contribution in [0.1, 0.15) is 37.3 Å². The number of carbonyl (C=O) groups excluding carboxylic acids is 1. The zero-order chi connectivity index (χ0) is 13.8. The van der Waals surface area contributed by atoms with Crippen molar-refractivity contribution in [2.75, 3.05) is 6.54 Å². The van der Waals surface area contributed by atoms with Crippen LogP contribution >= 0.6 is 0 Å². The minimum absolute atomic E-state index is 0.169. The van der Waals surface area contributed by atoms with E-state index in [0.29, 0.717) is 25.4 Å². The summed E-state index contributed by atoms with van der Waals surface area (Å²) in [5, 5.41) is 0. The van der Waals surface area contributed by atoms with Gasteiger partial charge in [-0.05, 0) is 42.0 Å². The average Bonchev–Trinajstić information content (AvgIpc) is 2.53. The number of amides is 1. The van der Waals surface area contributed by atoms with Gasteiger partial charge in [-0.1, -0.05) is 13.0 Å². The number of benzene rings is 1. The van der Waals surface area contributed by atoms with Crippen molar-refractivity contribution >= 4 is 5.91 Å².